The molecule has 0 amide bonds. The van der Waals surface area contributed by atoms with E-state index in [4.69, 9.17) is 0 Å². The fourth-order valence-corrected chi connectivity index (χ4v) is 2.81. The largest absolute Gasteiger partial charge is 0.329 e. The molecule has 21 heavy (non-hydrogen) atoms. The van der Waals surface area contributed by atoms with Crippen LogP contribution in [-0.4, -0.2) is 22.0 Å². The van der Waals surface area contributed by atoms with E-state index in [2.05, 4.69) is 92.0 Å². The third kappa shape index (κ3) is 2.06. The summed E-state index contributed by atoms with van der Waals surface area (Å²) in [4.78, 5) is 2.25. The highest BCUT2D eigenvalue weighted by Crippen LogP contribution is 2.40. The third-order valence-corrected chi connectivity index (χ3v) is 4.84. The lowest BCUT2D eigenvalue weighted by atomic mass is 9.81. The normalized spacial score (nSPS) is 19.4. The summed E-state index contributed by atoms with van der Waals surface area (Å²) < 4.78 is 2.25. The van der Waals surface area contributed by atoms with E-state index in [1.165, 1.54) is 11.4 Å². The Morgan fingerprint density at radius 3 is 1.90 bits per heavy atom. The smallest absolute Gasteiger partial charge is 0.207 e. The minimum Gasteiger partial charge on any atom is -0.329 e. The van der Waals surface area contributed by atoms with Gasteiger partial charge in [-0.25, -0.2) is 0 Å². The molecule has 0 fully saturated rings. The number of benzene rings is 2. The molecule has 2 aromatic rings. The van der Waals surface area contributed by atoms with Gasteiger partial charge in [0, 0.05) is 11.4 Å². The molecule has 2 aromatic carbocycles. The molecule has 0 saturated carbocycles. The molecule has 0 atom stereocenters. The molecule has 2 nitrogen and oxygen atoms in total. The Labute approximate surface area is 127 Å². The summed E-state index contributed by atoms with van der Waals surface area (Å²) in [5, 5.41) is 0. The van der Waals surface area contributed by atoms with Crippen LogP contribution in [0.25, 0.3) is 0 Å². The molecule has 1 heterocycles. The van der Waals surface area contributed by atoms with Gasteiger partial charge in [-0.05, 0) is 27.7 Å². The average molecular weight is 278 g/mol. The van der Waals surface area contributed by atoms with Crippen molar-refractivity contribution >= 4 is 17.7 Å². The Bertz CT molecular complexity index is 654. The summed E-state index contributed by atoms with van der Waals surface area (Å²) in [5.74, 6) is 0. The van der Waals surface area contributed by atoms with E-state index < -0.39 is 0 Å². The van der Waals surface area contributed by atoms with Gasteiger partial charge in [0.1, 0.15) is 11.1 Å². The van der Waals surface area contributed by atoms with Crippen LogP contribution >= 0.6 is 0 Å². The van der Waals surface area contributed by atoms with E-state index in [0.717, 1.165) is 0 Å². The SMILES string of the molecule is CC1(C)N(c2ccccc2)[C-]=[N+](c2ccccc2)C1(C)C. The molecule has 2 heteroatoms. The Morgan fingerprint density at radius 2 is 1.33 bits per heavy atom. The van der Waals surface area contributed by atoms with Crippen LogP contribution in [0.5, 0.6) is 0 Å². The van der Waals surface area contributed by atoms with Gasteiger partial charge in [-0.15, -0.1) is 0 Å². The third-order valence-electron chi connectivity index (χ3n) is 4.84. The second-order valence-electron chi connectivity index (χ2n) is 6.56. The van der Waals surface area contributed by atoms with Crippen molar-refractivity contribution in [3.8, 4) is 0 Å². The summed E-state index contributed by atoms with van der Waals surface area (Å²) in [7, 11) is 0. The van der Waals surface area contributed by atoms with E-state index in [0.29, 0.717) is 0 Å². The van der Waals surface area contributed by atoms with Crippen molar-refractivity contribution in [2.75, 3.05) is 4.90 Å². The Hall–Kier alpha value is -2.09. The van der Waals surface area contributed by atoms with Crippen molar-refractivity contribution in [3.63, 3.8) is 0 Å². The van der Waals surface area contributed by atoms with Crippen molar-refractivity contribution < 1.29 is 4.58 Å². The molecule has 3 rings (SSSR count). The Morgan fingerprint density at radius 1 is 0.810 bits per heavy atom. The first kappa shape index (κ1) is 13.9. The van der Waals surface area contributed by atoms with Gasteiger partial charge in [0.05, 0.1) is 0 Å². The van der Waals surface area contributed by atoms with Gasteiger partial charge in [-0.3, -0.25) is 0 Å². The maximum atomic E-state index is 3.57. The van der Waals surface area contributed by atoms with Crippen molar-refractivity contribution in [2.45, 2.75) is 38.8 Å². The van der Waals surface area contributed by atoms with Crippen molar-refractivity contribution in [3.05, 3.63) is 60.7 Å². The summed E-state index contributed by atoms with van der Waals surface area (Å²) in [6.07, 6.45) is 3.57. The number of hydrogen-bond donors (Lipinski definition) is 0. The summed E-state index contributed by atoms with van der Waals surface area (Å²) in [5.41, 5.74) is 2.22. The predicted octanol–water partition coefficient (Wildman–Crippen LogP) is 4.31. The lowest BCUT2D eigenvalue weighted by Gasteiger charge is -2.40. The highest BCUT2D eigenvalue weighted by atomic mass is 15.4. The molecule has 1 aliphatic heterocycles. The number of nitrogens with zero attached hydrogens (tertiary/aromatic N) is 2. The maximum Gasteiger partial charge on any atom is 0.207 e. The molecule has 0 N–H and O–H groups in total. The van der Waals surface area contributed by atoms with Crippen LogP contribution < -0.4 is 4.90 Å². The second-order valence-corrected chi connectivity index (χ2v) is 6.56. The molecule has 1 aliphatic rings. The van der Waals surface area contributed by atoms with Crippen molar-refractivity contribution in [2.24, 2.45) is 0 Å². The first-order chi connectivity index (χ1) is 9.94. The number of hydrogen-bond acceptors (Lipinski definition) is 1. The van der Waals surface area contributed by atoms with Crippen LogP contribution in [0.1, 0.15) is 27.7 Å². The number of rotatable bonds is 2. The van der Waals surface area contributed by atoms with E-state index in [9.17, 15) is 0 Å². The highest BCUT2D eigenvalue weighted by molar-refractivity contribution is 5.81. The zero-order valence-corrected chi connectivity index (χ0v) is 13.2. The van der Waals surface area contributed by atoms with Crippen LogP contribution in [0.4, 0.5) is 11.4 Å². The lowest BCUT2D eigenvalue weighted by Crippen LogP contribution is -2.54. The molecular weight excluding hydrogens is 256 g/mol. The van der Waals surface area contributed by atoms with E-state index in [-0.39, 0.29) is 11.1 Å². The maximum absolute atomic E-state index is 3.57. The van der Waals surface area contributed by atoms with Gasteiger partial charge in [-0.1, -0.05) is 60.7 Å². The van der Waals surface area contributed by atoms with Crippen LogP contribution in [0.15, 0.2) is 60.7 Å². The average Bonchev–Trinajstić information content (AvgIpc) is 2.67. The quantitative estimate of drug-likeness (QED) is 0.586. The van der Waals surface area contributed by atoms with Crippen LogP contribution in [0, 0.1) is 0 Å². The first-order valence-corrected chi connectivity index (χ1v) is 7.41. The van der Waals surface area contributed by atoms with Gasteiger partial charge in [0.2, 0.25) is 6.34 Å². The zero-order chi connectivity index (χ0) is 15.1. The Kier molecular flexibility index (Phi) is 3.12. The minimum atomic E-state index is -0.0653. The topological polar surface area (TPSA) is 6.25 Å². The van der Waals surface area contributed by atoms with Crippen molar-refractivity contribution in [1.29, 1.82) is 0 Å². The lowest BCUT2D eigenvalue weighted by molar-refractivity contribution is -0.520. The fraction of sp³-hybridized carbons (Fsp3) is 0.316. The first-order valence-electron chi connectivity index (χ1n) is 7.41. The van der Waals surface area contributed by atoms with E-state index in [1.807, 2.05) is 12.1 Å². The monoisotopic (exact) mass is 278 g/mol. The minimum absolute atomic E-state index is 0.0653. The summed E-state index contributed by atoms with van der Waals surface area (Å²) in [6, 6.07) is 20.9. The van der Waals surface area contributed by atoms with Crippen LogP contribution in [-0.2, 0) is 0 Å². The standard InChI is InChI=1S/C19H22N2/c1-18(2)19(3,4)21(17-13-9-6-10-14-17)15-20(18)16-11-7-5-8-12-16/h5-14H,1-4H3. The molecule has 0 unspecified atom stereocenters. The zero-order valence-electron chi connectivity index (χ0n) is 13.2. The van der Waals surface area contributed by atoms with Gasteiger partial charge in [-0.2, -0.15) is 0 Å². The number of anilines is 1. The van der Waals surface area contributed by atoms with E-state index >= 15 is 0 Å². The predicted molar refractivity (Wildman–Crippen MR) is 88.4 cm³/mol. The van der Waals surface area contributed by atoms with Gasteiger partial charge < -0.3 is 9.48 Å². The molecule has 0 aromatic heterocycles. The molecular formula is C19H22N2. The van der Waals surface area contributed by atoms with Gasteiger partial charge >= 0.3 is 0 Å². The number of para-hydroxylation sites is 2. The second kappa shape index (κ2) is 4.73. The Balaban J connectivity index is 2.13. The van der Waals surface area contributed by atoms with Crippen LogP contribution in [0.2, 0.25) is 0 Å². The molecule has 0 radical (unpaired) electrons. The molecule has 0 spiro atoms. The van der Waals surface area contributed by atoms with Crippen LogP contribution in [0.3, 0.4) is 0 Å². The highest BCUT2D eigenvalue weighted by Gasteiger charge is 2.52. The summed E-state index contributed by atoms with van der Waals surface area (Å²) >= 11 is 0. The fourth-order valence-electron chi connectivity index (χ4n) is 2.81. The van der Waals surface area contributed by atoms with Gasteiger partial charge in [0.15, 0.2) is 0 Å². The molecule has 0 aliphatic carbocycles. The molecule has 108 valence electrons. The van der Waals surface area contributed by atoms with Gasteiger partial charge in [0.25, 0.3) is 0 Å². The summed E-state index contributed by atoms with van der Waals surface area (Å²) in [6.45, 7) is 9.10. The molecule has 0 saturated heterocycles. The van der Waals surface area contributed by atoms with Crippen molar-refractivity contribution in [1.82, 2.24) is 0 Å². The molecule has 0 bridgehead atoms. The van der Waals surface area contributed by atoms with E-state index in [1.54, 1.807) is 0 Å².